The van der Waals surface area contributed by atoms with Crippen LogP contribution in [-0.4, -0.2) is 25.5 Å². The van der Waals surface area contributed by atoms with Crippen molar-refractivity contribution >= 4 is 26.0 Å². The Morgan fingerprint density at radius 2 is 2.07 bits per heavy atom. The lowest BCUT2D eigenvalue weighted by atomic mass is 10.0. The summed E-state index contributed by atoms with van der Waals surface area (Å²) in [4.78, 5) is 0. The van der Waals surface area contributed by atoms with Crippen LogP contribution in [0, 0.1) is 5.92 Å². The lowest BCUT2D eigenvalue weighted by molar-refractivity contribution is 0.458. The molecule has 1 N–H and O–H groups in total. The van der Waals surface area contributed by atoms with E-state index in [0.29, 0.717) is 12.5 Å². The number of hydrogen-bond acceptors (Lipinski definition) is 2. The van der Waals surface area contributed by atoms with E-state index < -0.39 is 10.0 Å². The van der Waals surface area contributed by atoms with E-state index in [4.69, 9.17) is 0 Å². The van der Waals surface area contributed by atoms with E-state index in [1.54, 1.807) is 0 Å². The molecular formula is C10H20BrNO2S. The number of halogens is 1. The molecule has 0 heterocycles. The second kappa shape index (κ2) is 6.21. The minimum absolute atomic E-state index is 0.0938. The van der Waals surface area contributed by atoms with Gasteiger partial charge in [0.15, 0.2) is 0 Å². The Bertz CT molecular complexity index is 269. The van der Waals surface area contributed by atoms with Crippen LogP contribution in [0.15, 0.2) is 0 Å². The largest absolute Gasteiger partial charge is 0.215 e. The Morgan fingerprint density at radius 1 is 1.40 bits per heavy atom. The summed E-state index contributed by atoms with van der Waals surface area (Å²) in [5, 5.41) is 0.853. The Kier molecular flexibility index (Phi) is 5.57. The molecule has 0 aromatic heterocycles. The van der Waals surface area contributed by atoms with Crippen molar-refractivity contribution in [2.45, 2.75) is 44.3 Å². The molecule has 15 heavy (non-hydrogen) atoms. The van der Waals surface area contributed by atoms with E-state index in [1.165, 1.54) is 0 Å². The van der Waals surface area contributed by atoms with Crippen molar-refractivity contribution in [2.24, 2.45) is 5.92 Å². The van der Waals surface area contributed by atoms with E-state index in [1.807, 2.05) is 0 Å². The van der Waals surface area contributed by atoms with Gasteiger partial charge in [-0.3, -0.25) is 0 Å². The van der Waals surface area contributed by atoms with Crippen molar-refractivity contribution < 1.29 is 8.42 Å². The summed E-state index contributed by atoms with van der Waals surface area (Å²) in [6, 6.07) is 0. The third kappa shape index (κ3) is 4.83. The highest BCUT2D eigenvalue weighted by molar-refractivity contribution is 9.09. The van der Waals surface area contributed by atoms with Gasteiger partial charge in [-0.05, 0) is 31.6 Å². The number of alkyl halides is 1. The van der Waals surface area contributed by atoms with Crippen LogP contribution < -0.4 is 4.72 Å². The number of rotatable bonds is 8. The molecule has 1 aliphatic rings. The molecule has 0 aromatic carbocycles. The summed E-state index contributed by atoms with van der Waals surface area (Å²) < 4.78 is 25.9. The molecule has 0 bridgehead atoms. The van der Waals surface area contributed by atoms with Gasteiger partial charge in [-0.15, -0.1) is 0 Å². The monoisotopic (exact) mass is 297 g/mol. The number of sulfonamides is 1. The van der Waals surface area contributed by atoms with Crippen LogP contribution in [-0.2, 0) is 10.0 Å². The van der Waals surface area contributed by atoms with Gasteiger partial charge in [-0.25, -0.2) is 13.1 Å². The first-order valence-corrected chi connectivity index (χ1v) is 8.31. The van der Waals surface area contributed by atoms with Crippen molar-refractivity contribution in [3.63, 3.8) is 0 Å². The Hall–Kier alpha value is 0.390. The fraction of sp³-hybridized carbons (Fsp3) is 1.00. The van der Waals surface area contributed by atoms with Crippen molar-refractivity contribution in [2.75, 3.05) is 11.9 Å². The van der Waals surface area contributed by atoms with Crippen LogP contribution in [0.5, 0.6) is 0 Å². The van der Waals surface area contributed by atoms with Gasteiger partial charge in [-0.1, -0.05) is 29.3 Å². The third-order valence-electron chi connectivity index (χ3n) is 2.75. The maximum absolute atomic E-state index is 11.6. The molecular weight excluding hydrogens is 278 g/mol. The standard InChI is InChI=1S/C10H20BrNO2S/c1-2-3-9(6-7-11)8-12-15(13,14)10-4-5-10/h9-10,12H,2-8H2,1H3. The second-order valence-electron chi connectivity index (χ2n) is 4.23. The topological polar surface area (TPSA) is 46.2 Å². The van der Waals surface area contributed by atoms with Gasteiger partial charge >= 0.3 is 0 Å². The van der Waals surface area contributed by atoms with Crippen molar-refractivity contribution in [1.82, 2.24) is 4.72 Å². The SMILES string of the molecule is CCCC(CCBr)CNS(=O)(=O)C1CC1. The van der Waals surface area contributed by atoms with E-state index in [0.717, 1.165) is 37.4 Å². The lowest BCUT2D eigenvalue weighted by Gasteiger charge is -2.15. The molecule has 0 aromatic rings. The van der Waals surface area contributed by atoms with Gasteiger partial charge < -0.3 is 0 Å². The van der Waals surface area contributed by atoms with Crippen LogP contribution in [0.3, 0.4) is 0 Å². The zero-order valence-corrected chi connectivity index (χ0v) is 11.6. The maximum Gasteiger partial charge on any atom is 0.214 e. The van der Waals surface area contributed by atoms with Gasteiger partial charge in [-0.2, -0.15) is 0 Å². The first kappa shape index (κ1) is 13.5. The fourth-order valence-corrected chi connectivity index (χ4v) is 3.75. The van der Waals surface area contributed by atoms with E-state index >= 15 is 0 Å². The number of hydrogen-bond donors (Lipinski definition) is 1. The van der Waals surface area contributed by atoms with Crippen LogP contribution in [0.4, 0.5) is 0 Å². The molecule has 0 saturated heterocycles. The zero-order valence-electron chi connectivity index (χ0n) is 9.21. The molecule has 1 aliphatic carbocycles. The summed E-state index contributed by atoms with van der Waals surface area (Å²) in [6.45, 7) is 2.74. The van der Waals surface area contributed by atoms with Crippen molar-refractivity contribution in [3.8, 4) is 0 Å². The van der Waals surface area contributed by atoms with Gasteiger partial charge in [0.2, 0.25) is 10.0 Å². The predicted octanol–water partition coefficient (Wildman–Crippen LogP) is 2.27. The Morgan fingerprint density at radius 3 is 2.53 bits per heavy atom. The summed E-state index contributed by atoms with van der Waals surface area (Å²) in [5.74, 6) is 0.475. The molecule has 3 nitrogen and oxygen atoms in total. The van der Waals surface area contributed by atoms with Crippen LogP contribution in [0.2, 0.25) is 0 Å². The van der Waals surface area contributed by atoms with Gasteiger partial charge in [0.25, 0.3) is 0 Å². The zero-order chi connectivity index (χ0) is 11.3. The molecule has 1 saturated carbocycles. The smallest absolute Gasteiger partial charge is 0.214 e. The van der Waals surface area contributed by atoms with E-state index in [-0.39, 0.29) is 5.25 Å². The van der Waals surface area contributed by atoms with Crippen molar-refractivity contribution in [3.05, 3.63) is 0 Å². The van der Waals surface area contributed by atoms with Crippen LogP contribution in [0.1, 0.15) is 39.0 Å². The van der Waals surface area contributed by atoms with Crippen LogP contribution in [0.25, 0.3) is 0 Å². The highest BCUT2D eigenvalue weighted by atomic mass is 79.9. The summed E-state index contributed by atoms with van der Waals surface area (Å²) in [7, 11) is -2.98. The Balaban J connectivity index is 2.31. The minimum atomic E-state index is -2.98. The van der Waals surface area contributed by atoms with Crippen LogP contribution >= 0.6 is 15.9 Å². The highest BCUT2D eigenvalue weighted by Crippen LogP contribution is 2.27. The summed E-state index contributed by atoms with van der Waals surface area (Å²) in [5.41, 5.74) is 0. The average Bonchev–Trinajstić information content (AvgIpc) is 2.98. The molecule has 0 amide bonds. The van der Waals surface area contributed by atoms with E-state index in [9.17, 15) is 8.42 Å². The molecule has 1 fully saturated rings. The molecule has 0 radical (unpaired) electrons. The number of nitrogens with one attached hydrogen (secondary N) is 1. The lowest BCUT2D eigenvalue weighted by Crippen LogP contribution is -2.32. The van der Waals surface area contributed by atoms with Gasteiger partial charge in [0.1, 0.15) is 0 Å². The van der Waals surface area contributed by atoms with Gasteiger partial charge in [0.05, 0.1) is 5.25 Å². The first-order chi connectivity index (χ1) is 7.10. The molecule has 1 atom stereocenters. The summed E-state index contributed by atoms with van der Waals surface area (Å²) in [6.07, 6.45) is 4.93. The highest BCUT2D eigenvalue weighted by Gasteiger charge is 2.35. The van der Waals surface area contributed by atoms with Crippen molar-refractivity contribution in [1.29, 1.82) is 0 Å². The maximum atomic E-state index is 11.6. The van der Waals surface area contributed by atoms with E-state index in [2.05, 4.69) is 27.6 Å². The molecule has 0 spiro atoms. The van der Waals surface area contributed by atoms with Gasteiger partial charge in [0, 0.05) is 11.9 Å². The molecule has 5 heteroatoms. The second-order valence-corrected chi connectivity index (χ2v) is 7.06. The molecule has 1 rings (SSSR count). The molecule has 90 valence electrons. The fourth-order valence-electron chi connectivity index (χ4n) is 1.64. The third-order valence-corrected chi connectivity index (χ3v) is 5.13. The molecule has 0 aliphatic heterocycles. The summed E-state index contributed by atoms with van der Waals surface area (Å²) >= 11 is 3.40. The Labute approximate surface area is 101 Å². The minimum Gasteiger partial charge on any atom is -0.215 e. The molecule has 1 unspecified atom stereocenters. The first-order valence-electron chi connectivity index (χ1n) is 5.64. The normalized spacial score (nSPS) is 19.1. The quantitative estimate of drug-likeness (QED) is 0.699. The average molecular weight is 298 g/mol. The predicted molar refractivity (Wildman–Crippen MR) is 66.8 cm³/mol.